The SMILES string of the molecule is CCCCCOc1cc(C)ccc1CNc1cc(N)nc(C(F)(F)F)n1. The van der Waals surface area contributed by atoms with E-state index >= 15 is 0 Å². The van der Waals surface area contributed by atoms with Crippen LogP contribution in [0, 0.1) is 6.92 Å². The van der Waals surface area contributed by atoms with E-state index in [9.17, 15) is 13.2 Å². The predicted molar refractivity (Wildman–Crippen MR) is 95.0 cm³/mol. The normalized spacial score (nSPS) is 11.4. The molecule has 1 aromatic carbocycles. The molecule has 5 nitrogen and oxygen atoms in total. The Bertz CT molecular complexity index is 735. The number of rotatable bonds is 8. The molecule has 0 amide bonds. The van der Waals surface area contributed by atoms with Crippen molar-refractivity contribution in [3.05, 3.63) is 41.2 Å². The summed E-state index contributed by atoms with van der Waals surface area (Å²) in [6.07, 6.45) is -1.51. The number of aromatic nitrogens is 2. The van der Waals surface area contributed by atoms with Crippen LogP contribution in [0.2, 0.25) is 0 Å². The highest BCUT2D eigenvalue weighted by Gasteiger charge is 2.35. The van der Waals surface area contributed by atoms with E-state index < -0.39 is 12.0 Å². The lowest BCUT2D eigenvalue weighted by atomic mass is 10.1. The first-order chi connectivity index (χ1) is 12.3. The summed E-state index contributed by atoms with van der Waals surface area (Å²) >= 11 is 0. The molecule has 2 aromatic rings. The Morgan fingerprint density at radius 3 is 2.62 bits per heavy atom. The number of alkyl halides is 3. The molecule has 0 unspecified atom stereocenters. The number of unbranched alkanes of at least 4 members (excludes halogenated alkanes) is 2. The van der Waals surface area contributed by atoms with Crippen molar-refractivity contribution < 1.29 is 17.9 Å². The predicted octanol–water partition coefficient (Wildman–Crippen LogP) is 4.57. The topological polar surface area (TPSA) is 73.1 Å². The van der Waals surface area contributed by atoms with E-state index in [4.69, 9.17) is 10.5 Å². The fourth-order valence-corrected chi connectivity index (χ4v) is 2.35. The van der Waals surface area contributed by atoms with Crippen molar-refractivity contribution in [2.75, 3.05) is 17.7 Å². The number of ether oxygens (including phenoxy) is 1. The third-order valence-corrected chi connectivity index (χ3v) is 3.69. The van der Waals surface area contributed by atoms with Gasteiger partial charge < -0.3 is 15.8 Å². The zero-order valence-corrected chi connectivity index (χ0v) is 14.9. The average Bonchev–Trinajstić information content (AvgIpc) is 2.57. The number of aryl methyl sites for hydroxylation is 1. The number of anilines is 2. The Kier molecular flexibility index (Phi) is 6.65. The maximum atomic E-state index is 12.8. The van der Waals surface area contributed by atoms with E-state index in [1.165, 1.54) is 6.07 Å². The first-order valence-corrected chi connectivity index (χ1v) is 8.47. The van der Waals surface area contributed by atoms with Crippen molar-refractivity contribution in [1.29, 1.82) is 0 Å². The Morgan fingerprint density at radius 1 is 1.15 bits per heavy atom. The second-order valence-electron chi connectivity index (χ2n) is 6.02. The van der Waals surface area contributed by atoms with Crippen molar-refractivity contribution in [1.82, 2.24) is 9.97 Å². The standard InChI is InChI=1S/C18H23F3N4O/c1-3-4-5-8-26-14-9-12(2)6-7-13(14)11-23-16-10-15(22)24-17(25-16)18(19,20)21/h6-7,9-10H,3-5,8,11H2,1-2H3,(H3,22,23,24,25). The van der Waals surface area contributed by atoms with Gasteiger partial charge in [0.25, 0.3) is 0 Å². The van der Waals surface area contributed by atoms with Gasteiger partial charge in [-0.25, -0.2) is 9.97 Å². The zero-order chi connectivity index (χ0) is 19.2. The van der Waals surface area contributed by atoms with E-state index in [1.807, 2.05) is 25.1 Å². The van der Waals surface area contributed by atoms with Gasteiger partial charge in [0.2, 0.25) is 5.82 Å². The van der Waals surface area contributed by atoms with Gasteiger partial charge in [0.15, 0.2) is 0 Å². The summed E-state index contributed by atoms with van der Waals surface area (Å²) in [5.41, 5.74) is 7.33. The van der Waals surface area contributed by atoms with Crippen LogP contribution in [0.1, 0.15) is 43.1 Å². The number of benzene rings is 1. The van der Waals surface area contributed by atoms with Crippen LogP contribution < -0.4 is 15.8 Å². The molecule has 0 aliphatic heterocycles. The zero-order valence-electron chi connectivity index (χ0n) is 14.9. The van der Waals surface area contributed by atoms with Gasteiger partial charge >= 0.3 is 6.18 Å². The molecule has 1 aromatic heterocycles. The first-order valence-electron chi connectivity index (χ1n) is 8.47. The number of nitrogen functional groups attached to an aromatic ring is 1. The smallest absolute Gasteiger partial charge is 0.451 e. The summed E-state index contributed by atoms with van der Waals surface area (Å²) in [4.78, 5) is 6.71. The van der Waals surface area contributed by atoms with Crippen molar-refractivity contribution in [3.63, 3.8) is 0 Å². The van der Waals surface area contributed by atoms with Gasteiger partial charge in [0, 0.05) is 18.2 Å². The molecule has 0 saturated heterocycles. The van der Waals surface area contributed by atoms with E-state index in [1.54, 1.807) is 0 Å². The van der Waals surface area contributed by atoms with E-state index in [0.29, 0.717) is 12.4 Å². The number of nitrogens with one attached hydrogen (secondary N) is 1. The highest BCUT2D eigenvalue weighted by Crippen LogP contribution is 2.28. The van der Waals surface area contributed by atoms with Gasteiger partial charge in [-0.2, -0.15) is 13.2 Å². The molecule has 1 heterocycles. The Hall–Kier alpha value is -2.51. The van der Waals surface area contributed by atoms with Crippen molar-refractivity contribution in [2.24, 2.45) is 0 Å². The quantitative estimate of drug-likeness (QED) is 0.668. The summed E-state index contributed by atoms with van der Waals surface area (Å²) in [7, 11) is 0. The lowest BCUT2D eigenvalue weighted by Crippen LogP contribution is -2.14. The summed E-state index contributed by atoms with van der Waals surface area (Å²) in [6, 6.07) is 6.99. The van der Waals surface area contributed by atoms with Crippen molar-refractivity contribution in [2.45, 2.75) is 45.8 Å². The lowest BCUT2D eigenvalue weighted by molar-refractivity contribution is -0.144. The maximum absolute atomic E-state index is 12.8. The van der Waals surface area contributed by atoms with Crippen LogP contribution in [0.25, 0.3) is 0 Å². The molecule has 8 heteroatoms. The molecule has 0 saturated carbocycles. The third-order valence-electron chi connectivity index (χ3n) is 3.69. The van der Waals surface area contributed by atoms with Crippen LogP contribution in [0.15, 0.2) is 24.3 Å². The van der Waals surface area contributed by atoms with Crippen LogP contribution in [0.3, 0.4) is 0 Å². The Labute approximate surface area is 150 Å². The second kappa shape index (κ2) is 8.73. The first kappa shape index (κ1) is 19.8. The van der Waals surface area contributed by atoms with Crippen LogP contribution in [0.4, 0.5) is 24.8 Å². The number of nitrogens with zero attached hydrogens (tertiary/aromatic N) is 2. The molecule has 0 fully saturated rings. The minimum atomic E-state index is -4.65. The lowest BCUT2D eigenvalue weighted by Gasteiger charge is -2.14. The minimum absolute atomic E-state index is 0.0160. The Balaban J connectivity index is 2.10. The Morgan fingerprint density at radius 2 is 1.92 bits per heavy atom. The molecular formula is C18H23F3N4O. The molecule has 0 atom stereocenters. The van der Waals surface area contributed by atoms with Crippen molar-refractivity contribution in [3.8, 4) is 5.75 Å². The molecule has 0 bridgehead atoms. The second-order valence-corrected chi connectivity index (χ2v) is 6.02. The molecule has 2 rings (SSSR count). The van der Waals surface area contributed by atoms with Gasteiger partial charge in [0.05, 0.1) is 6.61 Å². The average molecular weight is 368 g/mol. The highest BCUT2D eigenvalue weighted by atomic mass is 19.4. The summed E-state index contributed by atoms with van der Waals surface area (Å²) < 4.78 is 44.2. The van der Waals surface area contributed by atoms with Crippen LogP contribution >= 0.6 is 0 Å². The summed E-state index contributed by atoms with van der Waals surface area (Å²) in [5.74, 6) is -0.774. The van der Waals surface area contributed by atoms with Crippen LogP contribution in [0.5, 0.6) is 5.75 Å². The highest BCUT2D eigenvalue weighted by molar-refractivity contribution is 5.47. The summed E-state index contributed by atoms with van der Waals surface area (Å²) in [5, 5.41) is 2.86. The van der Waals surface area contributed by atoms with E-state index in [0.717, 1.165) is 30.4 Å². The molecule has 142 valence electrons. The molecule has 0 radical (unpaired) electrons. The number of nitrogens with two attached hydrogens (primary N) is 1. The number of halogens is 3. The number of hydrogen-bond donors (Lipinski definition) is 2. The van der Waals surface area contributed by atoms with Gasteiger partial charge in [-0.05, 0) is 25.0 Å². The fourth-order valence-electron chi connectivity index (χ4n) is 2.35. The number of hydrogen-bond acceptors (Lipinski definition) is 5. The molecule has 3 N–H and O–H groups in total. The van der Waals surface area contributed by atoms with Gasteiger partial charge in [-0.15, -0.1) is 0 Å². The largest absolute Gasteiger partial charge is 0.493 e. The third kappa shape index (κ3) is 5.79. The maximum Gasteiger partial charge on any atom is 0.451 e. The monoisotopic (exact) mass is 368 g/mol. The molecule has 0 aliphatic rings. The van der Waals surface area contributed by atoms with Crippen molar-refractivity contribution >= 4 is 11.6 Å². The van der Waals surface area contributed by atoms with Gasteiger partial charge in [0.1, 0.15) is 17.4 Å². The molecule has 0 aliphatic carbocycles. The summed E-state index contributed by atoms with van der Waals surface area (Å²) in [6.45, 7) is 4.93. The van der Waals surface area contributed by atoms with Crippen LogP contribution in [-0.4, -0.2) is 16.6 Å². The van der Waals surface area contributed by atoms with E-state index in [-0.39, 0.29) is 18.2 Å². The van der Waals surface area contributed by atoms with E-state index in [2.05, 4.69) is 22.2 Å². The molecule has 0 spiro atoms. The molecular weight excluding hydrogens is 345 g/mol. The van der Waals surface area contributed by atoms with Gasteiger partial charge in [-0.3, -0.25) is 0 Å². The fraction of sp³-hybridized carbons (Fsp3) is 0.444. The van der Waals surface area contributed by atoms with Crippen LogP contribution in [-0.2, 0) is 12.7 Å². The molecule has 26 heavy (non-hydrogen) atoms. The van der Waals surface area contributed by atoms with Gasteiger partial charge in [-0.1, -0.05) is 31.9 Å². The minimum Gasteiger partial charge on any atom is -0.493 e.